The van der Waals surface area contributed by atoms with E-state index in [4.69, 9.17) is 9.47 Å². The number of ether oxygens (including phenoxy) is 2. The predicted octanol–water partition coefficient (Wildman–Crippen LogP) is 2.19. The molecule has 0 aliphatic rings. The number of esters is 2. The molecule has 0 saturated carbocycles. The number of hydroxylamine groups is 2. The maximum Gasteiger partial charge on any atom is 0.305 e. The van der Waals surface area contributed by atoms with Crippen molar-refractivity contribution >= 4 is 57.1 Å². The Labute approximate surface area is 146 Å². The van der Waals surface area contributed by atoms with Gasteiger partial charge in [-0.1, -0.05) is 45.2 Å². The van der Waals surface area contributed by atoms with Crippen molar-refractivity contribution in [3.63, 3.8) is 0 Å². The van der Waals surface area contributed by atoms with Crippen LogP contribution in [0, 0.1) is 0 Å². The fourth-order valence-corrected chi connectivity index (χ4v) is 1.97. The van der Waals surface area contributed by atoms with Crippen molar-refractivity contribution in [3.05, 3.63) is 0 Å². The highest BCUT2D eigenvalue weighted by Gasteiger charge is 2.06. The molecule has 0 fully saturated rings. The fraction of sp³-hybridized carbons (Fsp3) is 0.833. The molecule has 0 aromatic heterocycles. The van der Waals surface area contributed by atoms with Gasteiger partial charge in [-0.05, 0) is 12.8 Å². The van der Waals surface area contributed by atoms with Gasteiger partial charge in [-0.3, -0.25) is 9.59 Å². The highest BCUT2D eigenvalue weighted by molar-refractivity contribution is 14.1. The molecule has 0 heterocycles. The second kappa shape index (κ2) is 14.3. The largest absolute Gasteiger partial charge is 0.464 e. The summed E-state index contributed by atoms with van der Waals surface area (Å²) in [5.74, 6) is -0.499. The molecule has 0 radical (unpaired) electrons. The summed E-state index contributed by atoms with van der Waals surface area (Å²) >= 11 is 4.40. The number of alkyl halides is 2. The standard InChI is InChI=1S/C12H21I2NO5/c13-5-1-3-11(16)19-9-7-15(18)8-10-20-12(17)4-2-6-14/h18H,1-10H2. The Morgan fingerprint density at radius 2 is 1.30 bits per heavy atom. The molecule has 20 heavy (non-hydrogen) atoms. The summed E-state index contributed by atoms with van der Waals surface area (Å²) in [6.07, 6.45) is 2.41. The SMILES string of the molecule is O=C(CCCI)OCCN(O)CCOC(=O)CCCI. The minimum atomic E-state index is -0.250. The fourth-order valence-electron chi connectivity index (χ4n) is 1.21. The van der Waals surface area contributed by atoms with Crippen LogP contribution in [0.3, 0.4) is 0 Å². The van der Waals surface area contributed by atoms with Crippen LogP contribution in [-0.4, -0.2) is 57.4 Å². The van der Waals surface area contributed by atoms with E-state index >= 15 is 0 Å². The molecule has 8 heteroatoms. The van der Waals surface area contributed by atoms with Crippen molar-refractivity contribution in [1.82, 2.24) is 5.06 Å². The third-order valence-electron chi connectivity index (χ3n) is 2.25. The minimum absolute atomic E-state index is 0.138. The Kier molecular flexibility index (Phi) is 14.5. The first-order chi connectivity index (χ1) is 9.60. The second-order valence-corrected chi connectivity index (χ2v) is 6.14. The summed E-state index contributed by atoms with van der Waals surface area (Å²) in [7, 11) is 0. The maximum atomic E-state index is 11.2. The molecule has 0 aliphatic heterocycles. The van der Waals surface area contributed by atoms with Crippen LogP contribution in [0.25, 0.3) is 0 Å². The van der Waals surface area contributed by atoms with Crippen LogP contribution >= 0.6 is 45.2 Å². The molecule has 1 N–H and O–H groups in total. The van der Waals surface area contributed by atoms with Gasteiger partial charge in [-0.15, -0.1) is 0 Å². The monoisotopic (exact) mass is 513 g/mol. The first kappa shape index (κ1) is 20.3. The van der Waals surface area contributed by atoms with E-state index in [0.29, 0.717) is 12.8 Å². The Morgan fingerprint density at radius 1 is 0.900 bits per heavy atom. The van der Waals surface area contributed by atoms with E-state index < -0.39 is 0 Å². The third kappa shape index (κ3) is 13.3. The van der Waals surface area contributed by atoms with Crippen LogP contribution in [0.2, 0.25) is 0 Å². The lowest BCUT2D eigenvalue weighted by molar-refractivity contribution is -0.154. The number of nitrogens with zero attached hydrogens (tertiary/aromatic N) is 1. The van der Waals surface area contributed by atoms with Crippen LogP contribution in [0.4, 0.5) is 0 Å². The zero-order valence-electron chi connectivity index (χ0n) is 11.4. The topological polar surface area (TPSA) is 76.1 Å². The van der Waals surface area contributed by atoms with Crippen molar-refractivity contribution < 1.29 is 24.3 Å². The van der Waals surface area contributed by atoms with Gasteiger partial charge >= 0.3 is 11.9 Å². The molecule has 0 aromatic rings. The predicted molar refractivity (Wildman–Crippen MR) is 91.5 cm³/mol. The van der Waals surface area contributed by atoms with Gasteiger partial charge in [0.25, 0.3) is 0 Å². The van der Waals surface area contributed by atoms with Crippen LogP contribution in [-0.2, 0) is 19.1 Å². The molecule has 6 nitrogen and oxygen atoms in total. The zero-order chi connectivity index (χ0) is 15.2. The second-order valence-electron chi connectivity index (χ2n) is 3.98. The van der Waals surface area contributed by atoms with Crippen molar-refractivity contribution in [2.24, 2.45) is 0 Å². The molecule has 0 saturated heterocycles. The molecule has 0 rings (SSSR count). The highest BCUT2D eigenvalue weighted by Crippen LogP contribution is 1.98. The summed E-state index contributed by atoms with van der Waals surface area (Å²) in [5.41, 5.74) is 0. The van der Waals surface area contributed by atoms with Gasteiger partial charge in [0.15, 0.2) is 0 Å². The third-order valence-corrected chi connectivity index (χ3v) is 3.78. The van der Waals surface area contributed by atoms with Crippen LogP contribution in [0.1, 0.15) is 25.7 Å². The number of hydrogen-bond acceptors (Lipinski definition) is 6. The van der Waals surface area contributed by atoms with Crippen molar-refractivity contribution in [2.75, 3.05) is 35.2 Å². The average molecular weight is 513 g/mol. The molecule has 0 spiro atoms. The van der Waals surface area contributed by atoms with Crippen molar-refractivity contribution in [3.8, 4) is 0 Å². The molecular formula is C12H21I2NO5. The smallest absolute Gasteiger partial charge is 0.305 e. The normalized spacial score (nSPS) is 10.6. The lowest BCUT2D eigenvalue weighted by Crippen LogP contribution is -2.29. The van der Waals surface area contributed by atoms with Gasteiger partial charge in [0.05, 0.1) is 13.1 Å². The quantitative estimate of drug-likeness (QED) is 0.187. The molecule has 118 valence electrons. The number of hydrogen-bond donors (Lipinski definition) is 1. The minimum Gasteiger partial charge on any atom is -0.464 e. The van der Waals surface area contributed by atoms with E-state index in [-0.39, 0.29) is 38.2 Å². The Bertz CT molecular complexity index is 253. The Morgan fingerprint density at radius 3 is 1.65 bits per heavy atom. The molecule has 0 atom stereocenters. The first-order valence-corrected chi connectivity index (χ1v) is 9.52. The van der Waals surface area contributed by atoms with E-state index in [1.165, 1.54) is 0 Å². The van der Waals surface area contributed by atoms with Gasteiger partial charge < -0.3 is 14.7 Å². The van der Waals surface area contributed by atoms with E-state index in [2.05, 4.69) is 45.2 Å². The summed E-state index contributed by atoms with van der Waals surface area (Å²) in [4.78, 5) is 22.4. The van der Waals surface area contributed by atoms with Gasteiger partial charge in [0.2, 0.25) is 0 Å². The summed E-state index contributed by atoms with van der Waals surface area (Å²) in [6, 6.07) is 0. The molecule has 0 amide bonds. The number of rotatable bonds is 12. The zero-order valence-corrected chi connectivity index (χ0v) is 15.7. The van der Waals surface area contributed by atoms with Gasteiger partial charge in [-0.2, -0.15) is 5.06 Å². The van der Waals surface area contributed by atoms with Crippen LogP contribution < -0.4 is 0 Å². The van der Waals surface area contributed by atoms with Gasteiger partial charge in [-0.25, -0.2) is 0 Å². The Balaban J connectivity index is 3.47. The first-order valence-electron chi connectivity index (χ1n) is 6.47. The Hall–Kier alpha value is 0.320. The molecule has 0 aliphatic carbocycles. The average Bonchev–Trinajstić information content (AvgIpc) is 2.42. The van der Waals surface area contributed by atoms with Crippen LogP contribution in [0.15, 0.2) is 0 Å². The summed E-state index contributed by atoms with van der Waals surface area (Å²) in [6.45, 7) is 0.696. The number of carbonyl (C=O) groups is 2. The summed E-state index contributed by atoms with van der Waals surface area (Å²) < 4.78 is 11.7. The van der Waals surface area contributed by atoms with E-state index in [9.17, 15) is 14.8 Å². The van der Waals surface area contributed by atoms with E-state index in [1.54, 1.807) is 0 Å². The molecule has 0 bridgehead atoms. The number of carbonyl (C=O) groups excluding carboxylic acids is 2. The maximum absolute atomic E-state index is 11.2. The van der Waals surface area contributed by atoms with Gasteiger partial charge in [0, 0.05) is 21.7 Å². The van der Waals surface area contributed by atoms with Gasteiger partial charge in [0.1, 0.15) is 13.2 Å². The van der Waals surface area contributed by atoms with E-state index in [1.807, 2.05) is 0 Å². The molecular weight excluding hydrogens is 492 g/mol. The van der Waals surface area contributed by atoms with Crippen molar-refractivity contribution in [1.29, 1.82) is 0 Å². The highest BCUT2D eigenvalue weighted by atomic mass is 127. The van der Waals surface area contributed by atoms with Crippen LogP contribution in [0.5, 0.6) is 0 Å². The molecule has 0 unspecified atom stereocenters. The molecule has 0 aromatic carbocycles. The van der Waals surface area contributed by atoms with Crippen molar-refractivity contribution in [2.45, 2.75) is 25.7 Å². The number of halogens is 2. The lowest BCUT2D eigenvalue weighted by atomic mass is 10.3. The van der Waals surface area contributed by atoms with E-state index in [0.717, 1.165) is 26.8 Å². The summed E-state index contributed by atoms with van der Waals surface area (Å²) in [5, 5.41) is 10.5. The lowest BCUT2D eigenvalue weighted by Gasteiger charge is -2.14.